The highest BCUT2D eigenvalue weighted by Crippen LogP contribution is 2.38. The SMILES string of the molecule is CCOC(=O)c1c(NC(=O)CSC(C)=O)sc2c1CCCC2. The Morgan fingerprint density at radius 3 is 2.68 bits per heavy atom. The summed E-state index contributed by atoms with van der Waals surface area (Å²) in [6.45, 7) is 3.49. The molecule has 1 aromatic rings. The van der Waals surface area contributed by atoms with Crippen molar-refractivity contribution in [1.29, 1.82) is 0 Å². The van der Waals surface area contributed by atoms with Crippen LogP contribution in [0.25, 0.3) is 0 Å². The molecule has 0 spiro atoms. The van der Waals surface area contributed by atoms with Crippen LogP contribution in [0.5, 0.6) is 0 Å². The molecule has 0 saturated heterocycles. The normalized spacial score (nSPS) is 13.4. The van der Waals surface area contributed by atoms with E-state index < -0.39 is 0 Å². The number of nitrogens with one attached hydrogen (secondary N) is 1. The van der Waals surface area contributed by atoms with Crippen LogP contribution in [-0.4, -0.2) is 29.4 Å². The number of fused-ring (bicyclic) bond motifs is 1. The summed E-state index contributed by atoms with van der Waals surface area (Å²) in [6, 6.07) is 0. The summed E-state index contributed by atoms with van der Waals surface area (Å²) >= 11 is 2.41. The molecule has 0 aromatic carbocycles. The summed E-state index contributed by atoms with van der Waals surface area (Å²) < 4.78 is 5.13. The summed E-state index contributed by atoms with van der Waals surface area (Å²) in [5.41, 5.74) is 1.52. The van der Waals surface area contributed by atoms with E-state index in [1.54, 1.807) is 6.92 Å². The van der Waals surface area contributed by atoms with E-state index in [0.29, 0.717) is 17.2 Å². The lowest BCUT2D eigenvalue weighted by atomic mass is 9.95. The number of anilines is 1. The van der Waals surface area contributed by atoms with Crippen LogP contribution < -0.4 is 5.32 Å². The lowest BCUT2D eigenvalue weighted by Gasteiger charge is -2.12. The number of amides is 1. The van der Waals surface area contributed by atoms with Gasteiger partial charge in [-0.2, -0.15) is 0 Å². The van der Waals surface area contributed by atoms with Crippen molar-refractivity contribution in [1.82, 2.24) is 0 Å². The van der Waals surface area contributed by atoms with Crippen molar-refractivity contribution < 1.29 is 19.1 Å². The van der Waals surface area contributed by atoms with Crippen LogP contribution in [0.4, 0.5) is 5.00 Å². The molecule has 2 rings (SSSR count). The van der Waals surface area contributed by atoms with E-state index in [9.17, 15) is 14.4 Å². The quantitative estimate of drug-likeness (QED) is 0.834. The standard InChI is InChI=1S/C15H19NO4S2/c1-3-20-15(19)13-10-6-4-5-7-11(10)22-14(13)16-12(18)8-21-9(2)17/h3-8H2,1-2H3,(H,16,18). The Morgan fingerprint density at radius 2 is 2.00 bits per heavy atom. The number of rotatable bonds is 5. The van der Waals surface area contributed by atoms with Crippen molar-refractivity contribution in [3.63, 3.8) is 0 Å². The Labute approximate surface area is 137 Å². The smallest absolute Gasteiger partial charge is 0.341 e. The van der Waals surface area contributed by atoms with Gasteiger partial charge in [0.25, 0.3) is 0 Å². The molecular weight excluding hydrogens is 322 g/mol. The van der Waals surface area contributed by atoms with Crippen LogP contribution in [0.15, 0.2) is 0 Å². The fraction of sp³-hybridized carbons (Fsp3) is 0.533. The zero-order chi connectivity index (χ0) is 16.1. The molecule has 0 saturated carbocycles. The van der Waals surface area contributed by atoms with Gasteiger partial charge in [-0.3, -0.25) is 9.59 Å². The van der Waals surface area contributed by atoms with E-state index in [4.69, 9.17) is 4.74 Å². The Hall–Kier alpha value is -1.34. The zero-order valence-corrected chi connectivity index (χ0v) is 14.3. The molecule has 5 nitrogen and oxygen atoms in total. The van der Waals surface area contributed by atoms with Gasteiger partial charge < -0.3 is 10.1 Å². The molecule has 0 fully saturated rings. The van der Waals surface area contributed by atoms with Gasteiger partial charge in [0.1, 0.15) is 5.00 Å². The maximum Gasteiger partial charge on any atom is 0.341 e. The first-order valence-electron chi connectivity index (χ1n) is 7.27. The van der Waals surface area contributed by atoms with Crippen molar-refractivity contribution in [3.8, 4) is 0 Å². The fourth-order valence-corrected chi connectivity index (χ4v) is 4.10. The van der Waals surface area contributed by atoms with Crippen LogP contribution in [0.1, 0.15) is 47.5 Å². The van der Waals surface area contributed by atoms with Gasteiger partial charge in [-0.05, 0) is 38.2 Å². The molecule has 0 unspecified atom stereocenters. The molecule has 1 heterocycles. The molecule has 1 amide bonds. The van der Waals surface area contributed by atoms with E-state index >= 15 is 0 Å². The second kappa shape index (κ2) is 7.78. The molecule has 1 aromatic heterocycles. The molecule has 22 heavy (non-hydrogen) atoms. The molecule has 1 aliphatic carbocycles. The Morgan fingerprint density at radius 1 is 1.27 bits per heavy atom. The molecule has 120 valence electrons. The van der Waals surface area contributed by atoms with Gasteiger partial charge in [-0.1, -0.05) is 11.8 Å². The molecule has 1 N–H and O–H groups in total. The molecule has 0 bridgehead atoms. The van der Waals surface area contributed by atoms with Crippen molar-refractivity contribution in [2.75, 3.05) is 17.7 Å². The van der Waals surface area contributed by atoms with Crippen molar-refractivity contribution in [2.24, 2.45) is 0 Å². The Bertz CT molecular complexity index is 595. The maximum atomic E-state index is 12.2. The number of hydrogen-bond acceptors (Lipinski definition) is 6. The number of aryl methyl sites for hydroxylation is 1. The van der Waals surface area contributed by atoms with Crippen LogP contribution in [-0.2, 0) is 27.2 Å². The minimum atomic E-state index is -0.378. The average molecular weight is 341 g/mol. The lowest BCUT2D eigenvalue weighted by molar-refractivity contribution is -0.114. The van der Waals surface area contributed by atoms with Gasteiger partial charge in [-0.25, -0.2) is 4.79 Å². The fourth-order valence-electron chi connectivity index (χ4n) is 2.40. The number of carbonyl (C=O) groups is 3. The highest BCUT2D eigenvalue weighted by Gasteiger charge is 2.27. The summed E-state index contributed by atoms with van der Waals surface area (Å²) in [5.74, 6) is -0.596. The maximum absolute atomic E-state index is 12.2. The zero-order valence-electron chi connectivity index (χ0n) is 12.7. The number of hydrogen-bond donors (Lipinski definition) is 1. The summed E-state index contributed by atoms with van der Waals surface area (Å²) in [5, 5.41) is 3.22. The first kappa shape index (κ1) is 17.0. The van der Waals surface area contributed by atoms with Gasteiger partial charge in [0, 0.05) is 11.8 Å². The molecule has 0 atom stereocenters. The summed E-state index contributed by atoms with van der Waals surface area (Å²) in [4.78, 5) is 36.2. The highest BCUT2D eigenvalue weighted by molar-refractivity contribution is 8.14. The van der Waals surface area contributed by atoms with E-state index in [-0.39, 0.29) is 22.7 Å². The van der Waals surface area contributed by atoms with Gasteiger partial charge in [0.05, 0.1) is 17.9 Å². The van der Waals surface area contributed by atoms with Crippen molar-refractivity contribution in [2.45, 2.75) is 39.5 Å². The number of esters is 1. The predicted octanol–water partition coefficient (Wildman–Crippen LogP) is 3.02. The Kier molecular flexibility index (Phi) is 6.02. The van der Waals surface area contributed by atoms with E-state index in [1.807, 2.05) is 0 Å². The van der Waals surface area contributed by atoms with Crippen molar-refractivity contribution in [3.05, 3.63) is 16.0 Å². The minimum absolute atomic E-state index is 0.0557. The number of ether oxygens (including phenoxy) is 1. The molecule has 7 heteroatoms. The summed E-state index contributed by atoms with van der Waals surface area (Å²) in [6.07, 6.45) is 3.93. The topological polar surface area (TPSA) is 72.5 Å². The summed E-state index contributed by atoms with van der Waals surface area (Å²) in [7, 11) is 0. The van der Waals surface area contributed by atoms with Crippen LogP contribution in [0.2, 0.25) is 0 Å². The van der Waals surface area contributed by atoms with E-state index in [2.05, 4.69) is 5.32 Å². The van der Waals surface area contributed by atoms with Crippen LogP contribution in [0.3, 0.4) is 0 Å². The molecule has 1 aliphatic rings. The molecule has 0 radical (unpaired) electrons. The third-order valence-corrected chi connectivity index (χ3v) is 5.33. The number of thiophene rings is 1. The van der Waals surface area contributed by atoms with Gasteiger partial charge in [0.15, 0.2) is 5.12 Å². The van der Waals surface area contributed by atoms with Gasteiger partial charge >= 0.3 is 5.97 Å². The predicted molar refractivity (Wildman–Crippen MR) is 88.7 cm³/mol. The monoisotopic (exact) mass is 341 g/mol. The Balaban J connectivity index is 2.22. The van der Waals surface area contributed by atoms with Gasteiger partial charge in [-0.15, -0.1) is 11.3 Å². The number of carbonyl (C=O) groups excluding carboxylic acids is 3. The third-order valence-electron chi connectivity index (χ3n) is 3.31. The average Bonchev–Trinajstić information content (AvgIpc) is 2.83. The largest absolute Gasteiger partial charge is 0.462 e. The second-order valence-electron chi connectivity index (χ2n) is 4.96. The van der Waals surface area contributed by atoms with E-state index in [1.165, 1.54) is 18.3 Å². The first-order valence-corrected chi connectivity index (χ1v) is 9.08. The number of thioether (sulfide) groups is 1. The minimum Gasteiger partial charge on any atom is -0.462 e. The highest BCUT2D eigenvalue weighted by atomic mass is 32.2. The third kappa shape index (κ3) is 4.10. The van der Waals surface area contributed by atoms with Crippen LogP contribution >= 0.6 is 23.1 Å². The first-order chi connectivity index (χ1) is 10.5. The lowest BCUT2D eigenvalue weighted by Crippen LogP contribution is -2.17. The molecule has 0 aliphatic heterocycles. The molecular formula is C15H19NO4S2. The van der Waals surface area contributed by atoms with Crippen molar-refractivity contribution >= 4 is 45.1 Å². The van der Waals surface area contributed by atoms with E-state index in [0.717, 1.165) is 47.9 Å². The van der Waals surface area contributed by atoms with Gasteiger partial charge in [0.2, 0.25) is 5.91 Å². The second-order valence-corrected chi connectivity index (χ2v) is 7.22. The van der Waals surface area contributed by atoms with Crippen LogP contribution in [0, 0.1) is 0 Å².